The average Bonchev–Trinajstić information content (AvgIpc) is 3.53. The van der Waals surface area contributed by atoms with Crippen molar-refractivity contribution in [1.29, 1.82) is 0 Å². The van der Waals surface area contributed by atoms with Crippen molar-refractivity contribution in [2.24, 2.45) is 11.8 Å². The molecule has 0 unspecified atom stereocenters. The molecule has 0 radical (unpaired) electrons. The lowest BCUT2D eigenvalue weighted by Gasteiger charge is -2.07. The molecule has 2 aromatic carbocycles. The Labute approximate surface area is 149 Å². The fraction of sp³-hybridized carbons (Fsp3) is 0.300. The minimum atomic E-state index is -0.303. The first-order chi connectivity index (χ1) is 12.5. The van der Waals surface area contributed by atoms with Crippen LogP contribution in [0.5, 0.6) is 0 Å². The van der Waals surface area contributed by atoms with Crippen LogP contribution in [0.4, 0.5) is 8.78 Å². The zero-order chi connectivity index (χ0) is 18.3. The molecule has 6 heteroatoms. The molecule has 2 aliphatic rings. The van der Waals surface area contributed by atoms with Gasteiger partial charge in [-0.05, 0) is 60.1 Å². The van der Waals surface area contributed by atoms with Crippen molar-refractivity contribution in [3.05, 3.63) is 71.3 Å². The van der Waals surface area contributed by atoms with Crippen LogP contribution < -0.4 is 10.9 Å². The van der Waals surface area contributed by atoms with Gasteiger partial charge in [-0.1, -0.05) is 24.3 Å². The van der Waals surface area contributed by atoms with Gasteiger partial charge in [-0.2, -0.15) is 0 Å². The maximum absolute atomic E-state index is 12.9. The van der Waals surface area contributed by atoms with E-state index in [1.54, 1.807) is 24.3 Å². The van der Waals surface area contributed by atoms with Crippen LogP contribution in [0, 0.1) is 23.5 Å². The Morgan fingerprint density at radius 3 is 1.38 bits per heavy atom. The lowest BCUT2D eigenvalue weighted by atomic mass is 10.1. The van der Waals surface area contributed by atoms with Crippen LogP contribution in [0.15, 0.2) is 48.5 Å². The third kappa shape index (κ3) is 3.45. The van der Waals surface area contributed by atoms with Crippen molar-refractivity contribution in [3.63, 3.8) is 0 Å². The van der Waals surface area contributed by atoms with Crippen LogP contribution in [0.2, 0.25) is 0 Å². The van der Waals surface area contributed by atoms with E-state index in [4.69, 9.17) is 0 Å². The summed E-state index contributed by atoms with van der Waals surface area (Å²) in [7, 11) is 0. The minimum Gasteiger partial charge on any atom is -0.273 e. The van der Waals surface area contributed by atoms with E-state index < -0.39 is 0 Å². The van der Waals surface area contributed by atoms with E-state index in [0.717, 1.165) is 11.1 Å². The van der Waals surface area contributed by atoms with E-state index in [2.05, 4.69) is 10.9 Å². The lowest BCUT2D eigenvalue weighted by Crippen LogP contribution is -2.43. The van der Waals surface area contributed by atoms with Crippen molar-refractivity contribution in [1.82, 2.24) is 10.9 Å². The minimum absolute atomic E-state index is 0.0698. The van der Waals surface area contributed by atoms with Gasteiger partial charge in [-0.3, -0.25) is 20.4 Å². The van der Waals surface area contributed by atoms with Crippen LogP contribution >= 0.6 is 0 Å². The molecule has 2 aliphatic carbocycles. The lowest BCUT2D eigenvalue weighted by molar-refractivity contribution is -0.130. The quantitative estimate of drug-likeness (QED) is 0.828. The number of rotatable bonds is 4. The van der Waals surface area contributed by atoms with E-state index in [-0.39, 0.29) is 47.1 Å². The highest BCUT2D eigenvalue weighted by atomic mass is 19.1. The van der Waals surface area contributed by atoms with Crippen LogP contribution in [-0.2, 0) is 9.59 Å². The highest BCUT2D eigenvalue weighted by molar-refractivity contribution is 5.88. The van der Waals surface area contributed by atoms with E-state index >= 15 is 0 Å². The number of carbonyl (C=O) groups is 2. The third-order valence-electron chi connectivity index (χ3n) is 5.16. The molecular formula is C20H18F2N2O2. The first kappa shape index (κ1) is 16.7. The van der Waals surface area contributed by atoms with Crippen molar-refractivity contribution >= 4 is 11.8 Å². The summed E-state index contributed by atoms with van der Waals surface area (Å²) >= 11 is 0. The summed E-state index contributed by atoms with van der Waals surface area (Å²) < 4.78 is 25.9. The molecule has 4 nitrogen and oxygen atoms in total. The van der Waals surface area contributed by atoms with Gasteiger partial charge in [-0.25, -0.2) is 8.78 Å². The maximum atomic E-state index is 12.9. The molecule has 2 amide bonds. The first-order valence-electron chi connectivity index (χ1n) is 8.63. The summed E-state index contributed by atoms with van der Waals surface area (Å²) in [4.78, 5) is 24.3. The molecule has 2 N–H and O–H groups in total. The second-order valence-electron chi connectivity index (χ2n) is 6.98. The molecule has 0 heterocycles. The SMILES string of the molecule is O=C(NNC(=O)[C@@H]1C[C@@H]1c1ccc(F)cc1)[C@H]1C[C@@H]1c1ccc(F)cc1. The Kier molecular flexibility index (Phi) is 4.18. The van der Waals surface area contributed by atoms with Gasteiger partial charge in [-0.15, -0.1) is 0 Å². The van der Waals surface area contributed by atoms with Gasteiger partial charge in [0.05, 0.1) is 0 Å². The summed E-state index contributed by atoms with van der Waals surface area (Å²) in [6, 6.07) is 12.3. The Hall–Kier alpha value is -2.76. The van der Waals surface area contributed by atoms with Crippen molar-refractivity contribution < 1.29 is 18.4 Å². The number of hydrazine groups is 1. The molecular weight excluding hydrogens is 338 g/mol. The van der Waals surface area contributed by atoms with E-state index in [1.807, 2.05) is 0 Å². The summed E-state index contributed by atoms with van der Waals surface area (Å²) in [6.45, 7) is 0. The van der Waals surface area contributed by atoms with Gasteiger partial charge in [0.1, 0.15) is 11.6 Å². The number of hydrogen-bond acceptors (Lipinski definition) is 2. The molecule has 4 rings (SSSR count). The zero-order valence-electron chi connectivity index (χ0n) is 13.9. The van der Waals surface area contributed by atoms with Crippen LogP contribution in [-0.4, -0.2) is 11.8 Å². The Morgan fingerprint density at radius 2 is 1.04 bits per heavy atom. The van der Waals surface area contributed by atoms with Crippen LogP contribution in [0.1, 0.15) is 35.8 Å². The highest BCUT2D eigenvalue weighted by Crippen LogP contribution is 2.48. The van der Waals surface area contributed by atoms with E-state index in [0.29, 0.717) is 12.8 Å². The Bertz CT molecular complexity index is 764. The van der Waals surface area contributed by atoms with Gasteiger partial charge in [0.2, 0.25) is 11.8 Å². The zero-order valence-corrected chi connectivity index (χ0v) is 13.9. The number of amides is 2. The van der Waals surface area contributed by atoms with Gasteiger partial charge in [0.25, 0.3) is 0 Å². The highest BCUT2D eigenvalue weighted by Gasteiger charge is 2.46. The molecule has 0 spiro atoms. The number of benzene rings is 2. The Balaban J connectivity index is 1.25. The van der Waals surface area contributed by atoms with E-state index in [1.165, 1.54) is 24.3 Å². The maximum Gasteiger partial charge on any atom is 0.242 e. The summed E-state index contributed by atoms with van der Waals surface area (Å²) in [5, 5.41) is 0. The molecule has 0 aliphatic heterocycles. The normalized spacial score (nSPS) is 26.1. The molecule has 0 saturated heterocycles. The molecule has 0 aromatic heterocycles. The topological polar surface area (TPSA) is 58.2 Å². The van der Waals surface area contributed by atoms with Crippen molar-refractivity contribution in [3.8, 4) is 0 Å². The summed E-state index contributed by atoms with van der Waals surface area (Å²) in [6.07, 6.45) is 1.38. The van der Waals surface area contributed by atoms with Gasteiger partial charge >= 0.3 is 0 Å². The molecule has 134 valence electrons. The van der Waals surface area contributed by atoms with E-state index in [9.17, 15) is 18.4 Å². The fourth-order valence-electron chi connectivity index (χ4n) is 3.43. The predicted molar refractivity (Wildman–Crippen MR) is 90.8 cm³/mol. The monoisotopic (exact) mass is 356 g/mol. The number of nitrogens with one attached hydrogen (secondary N) is 2. The first-order valence-corrected chi connectivity index (χ1v) is 8.63. The van der Waals surface area contributed by atoms with Crippen molar-refractivity contribution in [2.45, 2.75) is 24.7 Å². The van der Waals surface area contributed by atoms with Crippen molar-refractivity contribution in [2.75, 3.05) is 0 Å². The third-order valence-corrected chi connectivity index (χ3v) is 5.16. The second-order valence-corrected chi connectivity index (χ2v) is 6.98. The summed E-state index contributed by atoms with van der Waals surface area (Å²) in [5.41, 5.74) is 6.83. The second kappa shape index (κ2) is 6.52. The van der Waals surface area contributed by atoms with Gasteiger partial charge in [0, 0.05) is 11.8 Å². The standard InChI is InChI=1S/C20H18F2N2O2/c21-13-5-1-11(2-6-13)15-9-17(15)19(25)23-24-20(26)18-10-16(18)12-3-7-14(22)8-4-12/h1-8,15-18H,9-10H2,(H,23,25)(H,24,26)/t15-,16-,17-,18+/m1/s1. The van der Waals surface area contributed by atoms with Crippen LogP contribution in [0.25, 0.3) is 0 Å². The van der Waals surface area contributed by atoms with Gasteiger partial charge in [0.15, 0.2) is 0 Å². The largest absolute Gasteiger partial charge is 0.273 e. The molecule has 0 bridgehead atoms. The average molecular weight is 356 g/mol. The number of halogens is 2. The molecule has 2 fully saturated rings. The predicted octanol–water partition coefficient (Wildman–Crippen LogP) is 3.02. The molecule has 4 atom stereocenters. The molecule has 2 aromatic rings. The number of hydrogen-bond donors (Lipinski definition) is 2. The number of carbonyl (C=O) groups excluding carboxylic acids is 2. The summed E-state index contributed by atoms with van der Waals surface area (Å²) in [5.74, 6) is -1.33. The smallest absolute Gasteiger partial charge is 0.242 e. The molecule has 2 saturated carbocycles. The van der Waals surface area contributed by atoms with Gasteiger partial charge < -0.3 is 0 Å². The Morgan fingerprint density at radius 1 is 0.692 bits per heavy atom. The van der Waals surface area contributed by atoms with Crippen LogP contribution in [0.3, 0.4) is 0 Å². The fourth-order valence-corrected chi connectivity index (χ4v) is 3.43. The molecule has 26 heavy (non-hydrogen) atoms.